The Kier molecular flexibility index (Phi) is 2.76. The van der Waals surface area contributed by atoms with Crippen molar-refractivity contribution in [2.75, 3.05) is 6.54 Å². The Hall–Kier alpha value is -0.980. The second-order valence-electron chi connectivity index (χ2n) is 4.31. The summed E-state index contributed by atoms with van der Waals surface area (Å²) >= 11 is 0. The summed E-state index contributed by atoms with van der Waals surface area (Å²) in [6.45, 7) is 8.91. The lowest BCUT2D eigenvalue weighted by atomic mass is 9.73. The van der Waals surface area contributed by atoms with Gasteiger partial charge in [0, 0.05) is 12.2 Å². The van der Waals surface area contributed by atoms with E-state index in [0.717, 1.165) is 18.4 Å². The molecule has 0 amide bonds. The topological polar surface area (TPSA) is 12.0 Å². The molecule has 0 bridgehead atoms. The van der Waals surface area contributed by atoms with Crippen molar-refractivity contribution >= 4 is 0 Å². The van der Waals surface area contributed by atoms with Crippen LogP contribution in [0.3, 0.4) is 0 Å². The summed E-state index contributed by atoms with van der Waals surface area (Å²) < 4.78 is 0. The van der Waals surface area contributed by atoms with Gasteiger partial charge in [0.25, 0.3) is 0 Å². The normalized spacial score (nSPS) is 31.7. The van der Waals surface area contributed by atoms with Crippen LogP contribution in [0.15, 0.2) is 36.6 Å². The molecule has 2 unspecified atom stereocenters. The van der Waals surface area contributed by atoms with Crippen molar-refractivity contribution in [3.05, 3.63) is 36.6 Å². The molecule has 1 heteroatoms. The van der Waals surface area contributed by atoms with Gasteiger partial charge in [0.15, 0.2) is 0 Å². The first-order valence-corrected chi connectivity index (χ1v) is 5.59. The van der Waals surface area contributed by atoms with Crippen LogP contribution in [0.1, 0.15) is 25.7 Å². The van der Waals surface area contributed by atoms with Crippen LogP contribution in [0.2, 0.25) is 0 Å². The van der Waals surface area contributed by atoms with Gasteiger partial charge in [-0.15, -0.1) is 0 Å². The molecule has 0 radical (unpaired) electrons. The number of nitrogens with one attached hydrogen (secondary N) is 1. The molecule has 1 saturated carbocycles. The molecule has 1 aliphatic carbocycles. The highest BCUT2D eigenvalue weighted by atomic mass is 14.9. The second kappa shape index (κ2) is 4.04. The van der Waals surface area contributed by atoms with Gasteiger partial charge in [0.2, 0.25) is 0 Å². The van der Waals surface area contributed by atoms with Crippen molar-refractivity contribution in [2.45, 2.75) is 25.7 Å². The van der Waals surface area contributed by atoms with Gasteiger partial charge in [-0.05, 0) is 36.3 Å². The lowest BCUT2D eigenvalue weighted by Crippen LogP contribution is -2.36. The van der Waals surface area contributed by atoms with Gasteiger partial charge in [-0.2, -0.15) is 0 Å². The largest absolute Gasteiger partial charge is 0.385 e. The molecule has 1 heterocycles. The van der Waals surface area contributed by atoms with E-state index in [-0.39, 0.29) is 0 Å². The minimum absolute atomic E-state index is 0.746. The van der Waals surface area contributed by atoms with Crippen LogP contribution in [0.25, 0.3) is 0 Å². The van der Waals surface area contributed by atoms with Crippen LogP contribution in [0, 0.1) is 11.8 Å². The molecule has 76 valence electrons. The number of hydrogen-bond donors (Lipinski definition) is 1. The maximum atomic E-state index is 3.93. The number of rotatable bonds is 2. The molecule has 0 aromatic heterocycles. The summed E-state index contributed by atoms with van der Waals surface area (Å²) in [5.41, 5.74) is 2.61. The molecule has 1 fully saturated rings. The van der Waals surface area contributed by atoms with E-state index in [1.807, 2.05) is 12.2 Å². The van der Waals surface area contributed by atoms with Crippen molar-refractivity contribution in [1.29, 1.82) is 0 Å². The van der Waals surface area contributed by atoms with Crippen molar-refractivity contribution in [3.8, 4) is 0 Å². The molecule has 14 heavy (non-hydrogen) atoms. The minimum Gasteiger partial charge on any atom is -0.385 e. The van der Waals surface area contributed by atoms with Gasteiger partial charge in [-0.1, -0.05) is 32.1 Å². The van der Waals surface area contributed by atoms with Crippen LogP contribution in [0.4, 0.5) is 0 Å². The summed E-state index contributed by atoms with van der Waals surface area (Å²) in [4.78, 5) is 0. The molecule has 0 aromatic rings. The quantitative estimate of drug-likeness (QED) is 0.704. The van der Waals surface area contributed by atoms with Gasteiger partial charge >= 0.3 is 0 Å². The van der Waals surface area contributed by atoms with Gasteiger partial charge < -0.3 is 5.32 Å². The van der Waals surface area contributed by atoms with Crippen LogP contribution < -0.4 is 5.32 Å². The fraction of sp³-hybridized carbons (Fsp3) is 0.538. The van der Waals surface area contributed by atoms with Crippen molar-refractivity contribution in [3.63, 3.8) is 0 Å². The number of hydrogen-bond acceptors (Lipinski definition) is 1. The smallest absolute Gasteiger partial charge is 0.0369 e. The Morgan fingerprint density at radius 1 is 1.14 bits per heavy atom. The van der Waals surface area contributed by atoms with Crippen LogP contribution in [0.5, 0.6) is 0 Å². The Balaban J connectivity index is 2.28. The standard InChI is InChI=1S/C13H19N/c1-3-11-12-8-6-5-7-10(12)9-14-13(11)4-2/h3-4,10,12,14H,1-2,5-9H2. The molecule has 0 spiro atoms. The maximum Gasteiger partial charge on any atom is 0.0369 e. The van der Waals surface area contributed by atoms with Gasteiger partial charge in [-0.25, -0.2) is 0 Å². The average Bonchev–Trinajstić information content (AvgIpc) is 2.27. The molecule has 0 aromatic carbocycles. The Labute approximate surface area is 86.6 Å². The van der Waals surface area contributed by atoms with E-state index in [2.05, 4.69) is 18.5 Å². The summed E-state index contributed by atoms with van der Waals surface area (Å²) in [5.74, 6) is 1.58. The van der Waals surface area contributed by atoms with E-state index in [9.17, 15) is 0 Å². The zero-order valence-corrected chi connectivity index (χ0v) is 8.76. The fourth-order valence-electron chi connectivity index (χ4n) is 2.86. The Morgan fingerprint density at radius 2 is 1.93 bits per heavy atom. The number of fused-ring (bicyclic) bond motifs is 1. The van der Waals surface area contributed by atoms with E-state index >= 15 is 0 Å². The summed E-state index contributed by atoms with van der Waals surface area (Å²) in [6, 6.07) is 0. The van der Waals surface area contributed by atoms with Gasteiger partial charge in [0.05, 0.1) is 0 Å². The zero-order chi connectivity index (χ0) is 9.97. The highest BCUT2D eigenvalue weighted by Crippen LogP contribution is 2.38. The van der Waals surface area contributed by atoms with E-state index in [1.54, 1.807) is 0 Å². The second-order valence-corrected chi connectivity index (χ2v) is 4.31. The van der Waals surface area contributed by atoms with Gasteiger partial charge in [-0.3, -0.25) is 0 Å². The van der Waals surface area contributed by atoms with Crippen molar-refractivity contribution < 1.29 is 0 Å². The third-order valence-electron chi connectivity index (χ3n) is 3.60. The molecular formula is C13H19N. The predicted molar refractivity (Wildman–Crippen MR) is 60.9 cm³/mol. The lowest BCUT2D eigenvalue weighted by Gasteiger charge is -2.38. The van der Waals surface area contributed by atoms with Crippen LogP contribution >= 0.6 is 0 Å². The van der Waals surface area contributed by atoms with E-state index in [0.29, 0.717) is 0 Å². The van der Waals surface area contributed by atoms with Crippen molar-refractivity contribution in [2.24, 2.45) is 11.8 Å². The summed E-state index contributed by atoms with van der Waals surface area (Å²) in [7, 11) is 0. The predicted octanol–water partition coefficient (Wildman–Crippen LogP) is 3.02. The third kappa shape index (κ3) is 1.52. The molecule has 1 N–H and O–H groups in total. The SMILES string of the molecule is C=CC1=C(C=C)C2CCCCC2CN1. The van der Waals surface area contributed by atoms with Crippen molar-refractivity contribution in [1.82, 2.24) is 5.32 Å². The fourth-order valence-corrected chi connectivity index (χ4v) is 2.86. The lowest BCUT2D eigenvalue weighted by molar-refractivity contribution is 0.256. The Morgan fingerprint density at radius 3 is 2.64 bits per heavy atom. The molecule has 2 atom stereocenters. The third-order valence-corrected chi connectivity index (χ3v) is 3.60. The first-order valence-electron chi connectivity index (χ1n) is 5.59. The molecule has 2 aliphatic rings. The first-order chi connectivity index (χ1) is 6.86. The van der Waals surface area contributed by atoms with Gasteiger partial charge in [0.1, 0.15) is 0 Å². The summed E-state index contributed by atoms with van der Waals surface area (Å²) in [6.07, 6.45) is 9.44. The van der Waals surface area contributed by atoms with Crippen LogP contribution in [-0.4, -0.2) is 6.54 Å². The van der Waals surface area contributed by atoms with E-state index in [1.165, 1.54) is 37.0 Å². The monoisotopic (exact) mass is 189 g/mol. The average molecular weight is 189 g/mol. The van der Waals surface area contributed by atoms with E-state index in [4.69, 9.17) is 0 Å². The highest BCUT2D eigenvalue weighted by molar-refractivity contribution is 5.35. The molecule has 1 aliphatic heterocycles. The maximum absolute atomic E-state index is 3.93. The zero-order valence-electron chi connectivity index (χ0n) is 8.76. The van der Waals surface area contributed by atoms with Crippen LogP contribution in [-0.2, 0) is 0 Å². The van der Waals surface area contributed by atoms with E-state index < -0.39 is 0 Å². The number of allylic oxidation sites excluding steroid dienone is 3. The highest BCUT2D eigenvalue weighted by Gasteiger charge is 2.31. The minimum atomic E-state index is 0.746. The molecule has 2 rings (SSSR count). The summed E-state index contributed by atoms with van der Waals surface area (Å²) in [5, 5.41) is 3.46. The molecule has 1 nitrogen and oxygen atoms in total. The first kappa shape index (κ1) is 9.57. The molecule has 0 saturated heterocycles. The molecular weight excluding hydrogens is 170 g/mol. The Bertz CT molecular complexity index is 275.